The lowest BCUT2D eigenvalue weighted by Crippen LogP contribution is -2.71. The van der Waals surface area contributed by atoms with Gasteiger partial charge in [-0.1, -0.05) is 23.2 Å². The van der Waals surface area contributed by atoms with Crippen LogP contribution in [0.15, 0.2) is 18.2 Å². The Kier molecular flexibility index (Phi) is 6.68. The standard InChI is InChI=1S/C17H24Cl2N4O2/c1-8(2)20-16(24)14-15(22-10(4)9(3)21-14)17(25)23-13-7-11(18)5-6-12(13)19/h5-10,14-15,21-22H,1-4H3,(H,20,24)(H,23,25). The number of carbonyl (C=O) groups excluding carboxylic acids is 2. The van der Waals surface area contributed by atoms with E-state index >= 15 is 0 Å². The monoisotopic (exact) mass is 386 g/mol. The second-order valence-corrected chi connectivity index (χ2v) is 7.49. The molecule has 0 aliphatic carbocycles. The summed E-state index contributed by atoms with van der Waals surface area (Å²) in [6, 6.07) is 3.45. The second-order valence-electron chi connectivity index (χ2n) is 6.64. The zero-order chi connectivity index (χ0) is 18.7. The number of piperazine rings is 1. The van der Waals surface area contributed by atoms with Crippen LogP contribution < -0.4 is 21.3 Å². The van der Waals surface area contributed by atoms with Crippen LogP contribution in [0.5, 0.6) is 0 Å². The van der Waals surface area contributed by atoms with Crippen LogP contribution in [0.2, 0.25) is 10.0 Å². The van der Waals surface area contributed by atoms with Crippen molar-refractivity contribution in [1.82, 2.24) is 16.0 Å². The molecule has 1 saturated heterocycles. The molecule has 1 heterocycles. The first-order valence-corrected chi connectivity index (χ1v) is 9.03. The quantitative estimate of drug-likeness (QED) is 0.638. The molecule has 1 aliphatic rings. The molecule has 25 heavy (non-hydrogen) atoms. The van der Waals surface area contributed by atoms with E-state index in [0.29, 0.717) is 15.7 Å². The Morgan fingerprint density at radius 3 is 2.16 bits per heavy atom. The lowest BCUT2D eigenvalue weighted by atomic mass is 9.96. The van der Waals surface area contributed by atoms with Crippen molar-refractivity contribution in [3.63, 3.8) is 0 Å². The van der Waals surface area contributed by atoms with E-state index in [1.165, 1.54) is 0 Å². The van der Waals surface area contributed by atoms with E-state index in [-0.39, 0.29) is 29.9 Å². The van der Waals surface area contributed by atoms with E-state index in [0.717, 1.165) is 0 Å². The highest BCUT2D eigenvalue weighted by atomic mass is 35.5. The van der Waals surface area contributed by atoms with E-state index in [4.69, 9.17) is 23.2 Å². The summed E-state index contributed by atoms with van der Waals surface area (Å²) in [7, 11) is 0. The minimum Gasteiger partial charge on any atom is -0.353 e. The topological polar surface area (TPSA) is 82.3 Å². The number of halogens is 2. The molecular formula is C17H24Cl2N4O2. The molecule has 1 aromatic carbocycles. The Morgan fingerprint density at radius 1 is 1.04 bits per heavy atom. The fourth-order valence-corrected chi connectivity index (χ4v) is 3.02. The molecule has 0 saturated carbocycles. The molecular weight excluding hydrogens is 363 g/mol. The van der Waals surface area contributed by atoms with Crippen LogP contribution in [0.3, 0.4) is 0 Å². The van der Waals surface area contributed by atoms with Gasteiger partial charge < -0.3 is 21.3 Å². The smallest absolute Gasteiger partial charge is 0.243 e. The number of benzene rings is 1. The van der Waals surface area contributed by atoms with Crippen molar-refractivity contribution in [3.8, 4) is 0 Å². The van der Waals surface area contributed by atoms with Gasteiger partial charge in [0.25, 0.3) is 0 Å². The van der Waals surface area contributed by atoms with Gasteiger partial charge in [0, 0.05) is 23.1 Å². The largest absolute Gasteiger partial charge is 0.353 e. The highest BCUT2D eigenvalue weighted by Crippen LogP contribution is 2.26. The second kappa shape index (κ2) is 8.36. The molecule has 138 valence electrons. The van der Waals surface area contributed by atoms with Gasteiger partial charge >= 0.3 is 0 Å². The number of hydrogen-bond donors (Lipinski definition) is 4. The van der Waals surface area contributed by atoms with Crippen molar-refractivity contribution >= 4 is 40.7 Å². The van der Waals surface area contributed by atoms with Crippen LogP contribution in [0.4, 0.5) is 5.69 Å². The number of anilines is 1. The average Bonchev–Trinajstić information content (AvgIpc) is 2.52. The maximum Gasteiger partial charge on any atom is 0.243 e. The number of nitrogens with one attached hydrogen (secondary N) is 4. The summed E-state index contributed by atoms with van der Waals surface area (Å²) in [5.74, 6) is -0.571. The fraction of sp³-hybridized carbons (Fsp3) is 0.529. The van der Waals surface area contributed by atoms with Crippen LogP contribution in [0.1, 0.15) is 27.7 Å². The highest BCUT2D eigenvalue weighted by Gasteiger charge is 2.40. The first kappa shape index (κ1) is 20.0. The first-order chi connectivity index (χ1) is 11.7. The Balaban J connectivity index is 2.20. The van der Waals surface area contributed by atoms with Gasteiger partial charge in [0.15, 0.2) is 0 Å². The summed E-state index contributed by atoms with van der Waals surface area (Å²) in [6.07, 6.45) is 0. The summed E-state index contributed by atoms with van der Waals surface area (Å²) in [5.41, 5.74) is 0.412. The molecule has 2 rings (SSSR count). The fourth-order valence-electron chi connectivity index (χ4n) is 2.68. The summed E-state index contributed by atoms with van der Waals surface area (Å²) in [4.78, 5) is 25.3. The maximum atomic E-state index is 12.8. The van der Waals surface area contributed by atoms with Crippen LogP contribution >= 0.6 is 23.2 Å². The lowest BCUT2D eigenvalue weighted by Gasteiger charge is -2.39. The number of carbonyl (C=O) groups is 2. The first-order valence-electron chi connectivity index (χ1n) is 8.27. The van der Waals surface area contributed by atoms with Gasteiger partial charge in [0.05, 0.1) is 10.7 Å². The minimum absolute atomic E-state index is 0.0185. The Morgan fingerprint density at radius 2 is 1.60 bits per heavy atom. The van der Waals surface area contributed by atoms with E-state index < -0.39 is 12.1 Å². The molecule has 2 amide bonds. The molecule has 4 unspecified atom stereocenters. The number of amides is 2. The van der Waals surface area contributed by atoms with E-state index in [9.17, 15) is 9.59 Å². The van der Waals surface area contributed by atoms with Crippen molar-refractivity contribution in [3.05, 3.63) is 28.2 Å². The van der Waals surface area contributed by atoms with Crippen LogP contribution in [0.25, 0.3) is 0 Å². The Hall–Kier alpha value is -1.34. The molecule has 4 N–H and O–H groups in total. The zero-order valence-electron chi connectivity index (χ0n) is 14.7. The van der Waals surface area contributed by atoms with Crippen molar-refractivity contribution in [2.75, 3.05) is 5.32 Å². The average molecular weight is 387 g/mol. The van der Waals surface area contributed by atoms with Crippen molar-refractivity contribution in [2.24, 2.45) is 0 Å². The predicted octanol–water partition coefficient (Wildman–Crippen LogP) is 2.16. The third-order valence-corrected chi connectivity index (χ3v) is 4.72. The normalized spacial score (nSPS) is 26.4. The van der Waals surface area contributed by atoms with Gasteiger partial charge in [-0.05, 0) is 45.9 Å². The molecule has 1 aromatic rings. The Bertz CT molecular complexity index is 654. The lowest BCUT2D eigenvalue weighted by molar-refractivity contribution is -0.130. The third kappa shape index (κ3) is 5.07. The van der Waals surface area contributed by atoms with Crippen molar-refractivity contribution in [2.45, 2.75) is 57.9 Å². The van der Waals surface area contributed by atoms with Crippen molar-refractivity contribution < 1.29 is 9.59 Å². The Labute approximate surface area is 158 Å². The summed E-state index contributed by atoms with van der Waals surface area (Å²) < 4.78 is 0. The molecule has 4 atom stereocenters. The highest BCUT2D eigenvalue weighted by molar-refractivity contribution is 6.35. The SMILES string of the molecule is CC(C)NC(=O)C1NC(C)C(C)NC1C(=O)Nc1cc(Cl)ccc1Cl. The molecule has 0 radical (unpaired) electrons. The van der Waals surface area contributed by atoms with Crippen LogP contribution in [-0.4, -0.2) is 42.0 Å². The maximum absolute atomic E-state index is 12.8. The summed E-state index contributed by atoms with van der Waals surface area (Å²) in [5, 5.41) is 12.9. The molecule has 0 bridgehead atoms. The minimum atomic E-state index is -0.736. The van der Waals surface area contributed by atoms with Gasteiger partial charge in [0.1, 0.15) is 12.1 Å². The van der Waals surface area contributed by atoms with Gasteiger partial charge in [-0.3, -0.25) is 9.59 Å². The third-order valence-electron chi connectivity index (χ3n) is 4.15. The molecule has 8 heteroatoms. The van der Waals surface area contributed by atoms with Gasteiger partial charge in [0.2, 0.25) is 11.8 Å². The van der Waals surface area contributed by atoms with Gasteiger partial charge in [-0.25, -0.2) is 0 Å². The van der Waals surface area contributed by atoms with Crippen LogP contribution in [-0.2, 0) is 9.59 Å². The molecule has 1 fully saturated rings. The van der Waals surface area contributed by atoms with Crippen LogP contribution in [0, 0.1) is 0 Å². The zero-order valence-corrected chi connectivity index (χ0v) is 16.2. The predicted molar refractivity (Wildman–Crippen MR) is 101 cm³/mol. The molecule has 0 aromatic heterocycles. The molecule has 1 aliphatic heterocycles. The molecule has 0 spiro atoms. The van der Waals surface area contributed by atoms with Crippen molar-refractivity contribution in [1.29, 1.82) is 0 Å². The van der Waals surface area contributed by atoms with E-state index in [2.05, 4.69) is 21.3 Å². The summed E-state index contributed by atoms with van der Waals surface area (Å²) in [6.45, 7) is 7.68. The van der Waals surface area contributed by atoms with Gasteiger partial charge in [-0.15, -0.1) is 0 Å². The number of rotatable bonds is 4. The van der Waals surface area contributed by atoms with Gasteiger partial charge in [-0.2, -0.15) is 0 Å². The summed E-state index contributed by atoms with van der Waals surface area (Å²) >= 11 is 12.1. The van der Waals surface area contributed by atoms with E-state index in [1.54, 1.807) is 18.2 Å². The number of hydrogen-bond acceptors (Lipinski definition) is 4. The van der Waals surface area contributed by atoms with E-state index in [1.807, 2.05) is 27.7 Å². The molecule has 6 nitrogen and oxygen atoms in total.